The van der Waals surface area contributed by atoms with Crippen molar-refractivity contribution < 1.29 is 22.8 Å². The minimum atomic E-state index is -4.50. The van der Waals surface area contributed by atoms with Crippen LogP contribution < -0.4 is 11.0 Å². The molecule has 0 aliphatic heterocycles. The standard InChI is InChI=1S/C25H26ClF3N4O3/c1-24(2,3)12-20(34)14-32-22(17-7-9-19(26)10-8-17)31-33(23(32)36)15-21(35)30-13-16-5-4-6-18(11-16)25(27,28)29/h4-11H,12-15H2,1-3H3,(H,30,35). The Hall–Kier alpha value is -3.40. The third kappa shape index (κ3) is 7.30. The summed E-state index contributed by atoms with van der Waals surface area (Å²) in [5.41, 5.74) is -0.970. The zero-order valence-electron chi connectivity index (χ0n) is 20.0. The van der Waals surface area contributed by atoms with Gasteiger partial charge >= 0.3 is 11.9 Å². The minimum absolute atomic E-state index is 0.160. The van der Waals surface area contributed by atoms with Gasteiger partial charge in [0, 0.05) is 23.6 Å². The molecule has 1 heterocycles. The first kappa shape index (κ1) is 27.2. The number of carbonyl (C=O) groups is 2. The van der Waals surface area contributed by atoms with Crippen molar-refractivity contribution in [3.8, 4) is 11.4 Å². The zero-order chi connectivity index (χ0) is 26.7. The lowest BCUT2D eigenvalue weighted by Crippen LogP contribution is -2.34. The second kappa shape index (κ2) is 10.7. The molecule has 2 aromatic carbocycles. The van der Waals surface area contributed by atoms with E-state index in [1.165, 1.54) is 16.7 Å². The molecular formula is C25H26ClF3N4O3. The van der Waals surface area contributed by atoms with Crippen LogP contribution in [0.4, 0.5) is 13.2 Å². The van der Waals surface area contributed by atoms with E-state index in [2.05, 4.69) is 10.4 Å². The van der Waals surface area contributed by atoms with Gasteiger partial charge in [0.2, 0.25) is 5.91 Å². The van der Waals surface area contributed by atoms with Crippen LogP contribution in [0.1, 0.15) is 38.3 Å². The van der Waals surface area contributed by atoms with Gasteiger partial charge in [-0.25, -0.2) is 9.48 Å². The van der Waals surface area contributed by atoms with Gasteiger partial charge in [0.1, 0.15) is 6.54 Å². The molecule has 0 fully saturated rings. The van der Waals surface area contributed by atoms with Crippen molar-refractivity contribution in [3.63, 3.8) is 0 Å². The number of carbonyl (C=O) groups excluding carboxylic acids is 2. The lowest BCUT2D eigenvalue weighted by molar-refractivity contribution is -0.137. The number of amides is 1. The maximum atomic E-state index is 13.1. The first-order chi connectivity index (χ1) is 16.7. The number of nitrogens with one attached hydrogen (secondary N) is 1. The monoisotopic (exact) mass is 522 g/mol. The number of hydrogen-bond acceptors (Lipinski definition) is 4. The van der Waals surface area contributed by atoms with Crippen LogP contribution >= 0.6 is 11.6 Å². The van der Waals surface area contributed by atoms with Crippen LogP contribution in [0.3, 0.4) is 0 Å². The highest BCUT2D eigenvalue weighted by Crippen LogP contribution is 2.29. The molecule has 1 N–H and O–H groups in total. The summed E-state index contributed by atoms with van der Waals surface area (Å²) in [7, 11) is 0. The van der Waals surface area contributed by atoms with Crippen LogP contribution in [0, 0.1) is 5.41 Å². The molecule has 0 saturated carbocycles. The van der Waals surface area contributed by atoms with E-state index in [1.807, 2.05) is 20.8 Å². The minimum Gasteiger partial charge on any atom is -0.350 e. The molecule has 36 heavy (non-hydrogen) atoms. The van der Waals surface area contributed by atoms with Gasteiger partial charge in [0.05, 0.1) is 12.1 Å². The number of aromatic nitrogens is 3. The van der Waals surface area contributed by atoms with E-state index < -0.39 is 29.9 Å². The average Bonchev–Trinajstić information content (AvgIpc) is 3.06. The van der Waals surface area contributed by atoms with Gasteiger partial charge < -0.3 is 5.32 Å². The summed E-state index contributed by atoms with van der Waals surface area (Å²) in [4.78, 5) is 38.2. The molecule has 1 aromatic heterocycles. The van der Waals surface area contributed by atoms with E-state index in [0.29, 0.717) is 10.6 Å². The number of alkyl halides is 3. The fourth-order valence-corrected chi connectivity index (χ4v) is 3.70. The molecule has 3 rings (SSSR count). The fraction of sp³-hybridized carbons (Fsp3) is 0.360. The Morgan fingerprint density at radius 3 is 2.31 bits per heavy atom. The normalized spacial score (nSPS) is 12.0. The second-order valence-electron chi connectivity index (χ2n) is 9.61. The van der Waals surface area contributed by atoms with Crippen LogP contribution in [-0.2, 0) is 35.4 Å². The van der Waals surface area contributed by atoms with Gasteiger partial charge in [-0.15, -0.1) is 5.10 Å². The van der Waals surface area contributed by atoms with Gasteiger partial charge in [-0.2, -0.15) is 13.2 Å². The molecule has 0 aliphatic carbocycles. The first-order valence-corrected chi connectivity index (χ1v) is 11.5. The van der Waals surface area contributed by atoms with Crippen molar-refractivity contribution in [2.75, 3.05) is 0 Å². The maximum absolute atomic E-state index is 13.1. The third-order valence-corrected chi connectivity index (χ3v) is 5.38. The average molecular weight is 523 g/mol. The molecule has 7 nitrogen and oxygen atoms in total. The predicted octanol–water partition coefficient (Wildman–Crippen LogP) is 4.71. The van der Waals surface area contributed by atoms with E-state index in [1.54, 1.807) is 24.3 Å². The first-order valence-electron chi connectivity index (χ1n) is 11.1. The number of rotatable bonds is 8. The van der Waals surface area contributed by atoms with Crippen molar-refractivity contribution in [1.82, 2.24) is 19.7 Å². The van der Waals surface area contributed by atoms with Crippen molar-refractivity contribution in [2.24, 2.45) is 5.41 Å². The largest absolute Gasteiger partial charge is 0.416 e. The molecule has 192 valence electrons. The Bertz CT molecular complexity index is 1310. The highest BCUT2D eigenvalue weighted by Gasteiger charge is 2.30. The molecule has 0 spiro atoms. The Morgan fingerprint density at radius 1 is 1.03 bits per heavy atom. The molecule has 0 unspecified atom stereocenters. The summed E-state index contributed by atoms with van der Waals surface area (Å²) >= 11 is 5.96. The van der Waals surface area contributed by atoms with Gasteiger partial charge in [0.15, 0.2) is 11.6 Å². The van der Waals surface area contributed by atoms with Gasteiger partial charge in [0.25, 0.3) is 0 Å². The molecule has 0 saturated heterocycles. The van der Waals surface area contributed by atoms with Crippen molar-refractivity contribution in [1.29, 1.82) is 0 Å². The van der Waals surface area contributed by atoms with Gasteiger partial charge in [-0.3, -0.25) is 14.2 Å². The summed E-state index contributed by atoms with van der Waals surface area (Å²) in [6.07, 6.45) is -4.26. The number of nitrogens with zero attached hydrogens (tertiary/aromatic N) is 3. The Morgan fingerprint density at radius 2 is 1.69 bits per heavy atom. The second-order valence-corrected chi connectivity index (χ2v) is 10.0. The van der Waals surface area contributed by atoms with E-state index in [0.717, 1.165) is 16.8 Å². The summed E-state index contributed by atoms with van der Waals surface area (Å²) in [5, 5.41) is 7.24. The number of Topliss-reactive ketones (excluding diaryl/α,β-unsaturated/α-hetero) is 1. The number of hydrogen-bond donors (Lipinski definition) is 1. The van der Waals surface area contributed by atoms with Crippen molar-refractivity contribution in [3.05, 3.63) is 75.2 Å². The van der Waals surface area contributed by atoms with Gasteiger partial charge in [-0.1, -0.05) is 44.5 Å². The van der Waals surface area contributed by atoms with Crippen LogP contribution in [0.25, 0.3) is 11.4 Å². The molecule has 0 aliphatic rings. The smallest absolute Gasteiger partial charge is 0.350 e. The fourth-order valence-electron chi connectivity index (χ4n) is 3.57. The third-order valence-electron chi connectivity index (χ3n) is 5.12. The summed E-state index contributed by atoms with van der Waals surface area (Å²) in [6, 6.07) is 11.1. The number of benzene rings is 2. The highest BCUT2D eigenvalue weighted by molar-refractivity contribution is 6.30. The van der Waals surface area contributed by atoms with Crippen LogP contribution in [0.2, 0.25) is 5.02 Å². The van der Waals surface area contributed by atoms with E-state index in [4.69, 9.17) is 11.6 Å². The molecule has 1 amide bonds. The molecule has 0 bridgehead atoms. The number of ketones is 1. The summed E-state index contributed by atoms with van der Waals surface area (Å²) < 4.78 is 40.9. The van der Waals surface area contributed by atoms with Crippen LogP contribution in [-0.4, -0.2) is 26.0 Å². The molecule has 0 atom stereocenters. The van der Waals surface area contributed by atoms with E-state index in [9.17, 15) is 27.6 Å². The highest BCUT2D eigenvalue weighted by atomic mass is 35.5. The molecule has 11 heteroatoms. The summed E-state index contributed by atoms with van der Waals surface area (Å²) in [6.45, 7) is 4.87. The zero-order valence-corrected chi connectivity index (χ0v) is 20.8. The lowest BCUT2D eigenvalue weighted by Gasteiger charge is -2.17. The SMILES string of the molecule is CC(C)(C)CC(=O)Cn1c(-c2ccc(Cl)cc2)nn(CC(=O)NCc2cccc(C(F)(F)F)c2)c1=O. The quantitative estimate of drug-likeness (QED) is 0.464. The Labute approximate surface area is 210 Å². The van der Waals surface area contributed by atoms with Crippen LogP contribution in [0.15, 0.2) is 53.3 Å². The Balaban J connectivity index is 1.81. The van der Waals surface area contributed by atoms with Crippen LogP contribution in [0.5, 0.6) is 0 Å². The van der Waals surface area contributed by atoms with Crippen molar-refractivity contribution in [2.45, 2.75) is 53.0 Å². The van der Waals surface area contributed by atoms with E-state index in [-0.39, 0.29) is 42.1 Å². The van der Waals surface area contributed by atoms with Gasteiger partial charge in [-0.05, 0) is 47.4 Å². The number of halogens is 4. The topological polar surface area (TPSA) is 86.0 Å². The Kier molecular flexibility index (Phi) is 8.08. The molecule has 0 radical (unpaired) electrons. The van der Waals surface area contributed by atoms with Crippen molar-refractivity contribution >= 4 is 23.3 Å². The lowest BCUT2D eigenvalue weighted by atomic mass is 9.90. The summed E-state index contributed by atoms with van der Waals surface area (Å²) in [5.74, 6) is -0.596. The predicted molar refractivity (Wildman–Crippen MR) is 129 cm³/mol. The molecule has 3 aromatic rings. The van der Waals surface area contributed by atoms with E-state index >= 15 is 0 Å². The maximum Gasteiger partial charge on any atom is 0.416 e. The molecular weight excluding hydrogens is 497 g/mol.